The number of benzene rings is 3. The number of nitrogens with one attached hydrogen (secondary N) is 1. The van der Waals surface area contributed by atoms with Crippen LogP contribution in [-0.2, 0) is 28.6 Å². The third-order valence-electron chi connectivity index (χ3n) is 6.60. The Morgan fingerprint density at radius 3 is 2.10 bits per heavy atom. The summed E-state index contributed by atoms with van der Waals surface area (Å²) in [7, 11) is 1.29. The van der Waals surface area contributed by atoms with Gasteiger partial charge in [0.1, 0.15) is 11.4 Å². The average molecular weight is 529 g/mol. The van der Waals surface area contributed by atoms with Crippen molar-refractivity contribution in [2.75, 3.05) is 20.3 Å². The molecular weight excluding hydrogens is 500 g/mol. The quantitative estimate of drug-likeness (QED) is 0.258. The summed E-state index contributed by atoms with van der Waals surface area (Å²) < 4.78 is 22.8. The topological polar surface area (TPSA) is 103 Å². The summed E-state index contributed by atoms with van der Waals surface area (Å²) in [6, 6.07) is 27.5. The molecule has 5 rings (SSSR count). The number of amides is 2. The highest BCUT2D eigenvalue weighted by Crippen LogP contribution is 2.41. The molecule has 0 spiro atoms. The van der Waals surface area contributed by atoms with Gasteiger partial charge in [0.05, 0.1) is 6.61 Å². The molecule has 1 fully saturated rings. The van der Waals surface area contributed by atoms with Crippen molar-refractivity contribution < 1.29 is 33.3 Å². The van der Waals surface area contributed by atoms with E-state index in [1.54, 1.807) is 31.2 Å². The Morgan fingerprint density at radius 1 is 0.974 bits per heavy atom. The van der Waals surface area contributed by atoms with E-state index in [9.17, 15) is 14.4 Å². The van der Waals surface area contributed by atoms with Crippen molar-refractivity contribution in [1.82, 2.24) is 10.2 Å². The van der Waals surface area contributed by atoms with Gasteiger partial charge in [-0.15, -0.1) is 0 Å². The zero-order valence-corrected chi connectivity index (χ0v) is 21.5. The number of esters is 1. The van der Waals surface area contributed by atoms with E-state index in [0.717, 1.165) is 11.1 Å². The van der Waals surface area contributed by atoms with E-state index in [2.05, 4.69) is 5.32 Å². The van der Waals surface area contributed by atoms with Crippen LogP contribution in [0.5, 0.6) is 5.75 Å². The maximum absolute atomic E-state index is 13.6. The lowest BCUT2D eigenvalue weighted by Crippen LogP contribution is -2.82. The molecule has 0 aliphatic carbocycles. The van der Waals surface area contributed by atoms with E-state index in [1.807, 2.05) is 66.7 Å². The first kappa shape index (κ1) is 26.1. The maximum Gasteiger partial charge on any atom is 0.356 e. The molecule has 2 atom stereocenters. The smallest absolute Gasteiger partial charge is 0.356 e. The number of hydrogen-bond acceptors (Lipinski definition) is 7. The first-order chi connectivity index (χ1) is 18.9. The number of carbonyl (C=O) groups excluding carboxylic acids is 3. The monoisotopic (exact) mass is 528 g/mol. The molecule has 2 amide bonds. The molecule has 1 N–H and O–H groups in total. The summed E-state index contributed by atoms with van der Waals surface area (Å²) in [4.78, 5) is 40.9. The Hall–Kier alpha value is -4.47. The first-order valence-electron chi connectivity index (χ1n) is 12.4. The van der Waals surface area contributed by atoms with Crippen LogP contribution in [0.25, 0.3) is 0 Å². The number of fused-ring (bicyclic) bond motifs is 1. The van der Waals surface area contributed by atoms with Gasteiger partial charge >= 0.3 is 5.97 Å². The summed E-state index contributed by atoms with van der Waals surface area (Å²) in [6.45, 7) is 1.40. The third-order valence-corrected chi connectivity index (χ3v) is 6.60. The summed E-state index contributed by atoms with van der Waals surface area (Å²) in [6.07, 6.45) is -1.76. The largest absolute Gasteiger partial charge is 0.484 e. The standard InChI is InChI=1S/C30H28N2O7/c1-20-18-38-29-30(36-2,31-24(33)19-37-23-16-10-5-11-17-23)28(35)32(29)25(20)27(34)39-26(21-12-6-3-7-13-21)22-14-8-4-9-15-22/h3-17,26,29H,18-19H2,1-2H3,(H,31,33). The Morgan fingerprint density at radius 2 is 1.54 bits per heavy atom. The van der Waals surface area contributed by atoms with Crippen molar-refractivity contribution >= 4 is 17.8 Å². The van der Waals surface area contributed by atoms with Gasteiger partial charge in [0, 0.05) is 7.11 Å². The van der Waals surface area contributed by atoms with Crippen LogP contribution in [0.1, 0.15) is 24.2 Å². The summed E-state index contributed by atoms with van der Waals surface area (Å²) in [5.41, 5.74) is 0.349. The van der Waals surface area contributed by atoms with Gasteiger partial charge < -0.3 is 24.3 Å². The van der Waals surface area contributed by atoms with E-state index in [0.29, 0.717) is 11.3 Å². The van der Waals surface area contributed by atoms with Crippen molar-refractivity contribution in [3.8, 4) is 5.75 Å². The molecule has 0 bridgehead atoms. The van der Waals surface area contributed by atoms with Crippen molar-refractivity contribution in [1.29, 1.82) is 0 Å². The fraction of sp³-hybridized carbons (Fsp3) is 0.233. The number of rotatable bonds is 9. The SMILES string of the molecule is COC1(NC(=O)COc2ccccc2)C(=O)N2C(C(=O)OC(c3ccccc3)c3ccccc3)=C(C)COC21. The minimum Gasteiger partial charge on any atom is -0.484 e. The van der Waals surface area contributed by atoms with E-state index in [-0.39, 0.29) is 18.9 Å². The van der Waals surface area contributed by atoms with Gasteiger partial charge in [-0.3, -0.25) is 14.5 Å². The van der Waals surface area contributed by atoms with Crippen LogP contribution >= 0.6 is 0 Å². The van der Waals surface area contributed by atoms with Gasteiger partial charge in [-0.05, 0) is 35.8 Å². The number of nitrogens with zero attached hydrogens (tertiary/aromatic N) is 1. The van der Waals surface area contributed by atoms with Crippen LogP contribution in [0.3, 0.4) is 0 Å². The van der Waals surface area contributed by atoms with Crippen LogP contribution in [0.15, 0.2) is 102 Å². The summed E-state index contributed by atoms with van der Waals surface area (Å²) >= 11 is 0. The highest BCUT2D eigenvalue weighted by molar-refractivity contribution is 6.03. The predicted molar refractivity (Wildman–Crippen MR) is 140 cm³/mol. The first-order valence-corrected chi connectivity index (χ1v) is 12.4. The molecule has 39 heavy (non-hydrogen) atoms. The van der Waals surface area contributed by atoms with Crippen molar-refractivity contribution in [3.05, 3.63) is 113 Å². The Balaban J connectivity index is 1.34. The lowest BCUT2D eigenvalue weighted by molar-refractivity contribution is -0.258. The molecule has 200 valence electrons. The van der Waals surface area contributed by atoms with Gasteiger partial charge in [0.15, 0.2) is 18.9 Å². The molecule has 2 aliphatic heterocycles. The summed E-state index contributed by atoms with van der Waals surface area (Å²) in [5, 5.41) is 2.59. The molecule has 9 nitrogen and oxygen atoms in total. The number of carbonyl (C=O) groups is 3. The second kappa shape index (κ2) is 11.1. The minimum absolute atomic E-state index is 0.0434. The second-order valence-electron chi connectivity index (χ2n) is 9.16. The lowest BCUT2D eigenvalue weighted by Gasteiger charge is -2.55. The zero-order chi connectivity index (χ0) is 27.4. The normalized spacial score (nSPS) is 20.2. The molecule has 1 saturated heterocycles. The van der Waals surface area contributed by atoms with Crippen molar-refractivity contribution in [3.63, 3.8) is 0 Å². The molecule has 3 aromatic carbocycles. The number of hydrogen-bond donors (Lipinski definition) is 1. The van der Waals surface area contributed by atoms with Gasteiger partial charge in [-0.1, -0.05) is 78.9 Å². The van der Waals surface area contributed by atoms with Crippen LogP contribution < -0.4 is 10.1 Å². The lowest BCUT2D eigenvalue weighted by atomic mass is 9.94. The van der Waals surface area contributed by atoms with Gasteiger partial charge in [0.25, 0.3) is 17.5 Å². The second-order valence-corrected chi connectivity index (χ2v) is 9.16. The Kier molecular flexibility index (Phi) is 7.44. The van der Waals surface area contributed by atoms with Gasteiger partial charge in [0.2, 0.25) is 0 Å². The fourth-order valence-corrected chi connectivity index (χ4v) is 4.68. The van der Waals surface area contributed by atoms with Crippen LogP contribution in [0, 0.1) is 0 Å². The van der Waals surface area contributed by atoms with E-state index >= 15 is 0 Å². The molecule has 0 saturated carbocycles. The van der Waals surface area contributed by atoms with Crippen molar-refractivity contribution in [2.24, 2.45) is 0 Å². The molecule has 2 aliphatic rings. The fourth-order valence-electron chi connectivity index (χ4n) is 4.68. The Bertz CT molecular complexity index is 1340. The van der Waals surface area contributed by atoms with E-state index < -0.39 is 35.8 Å². The summed E-state index contributed by atoms with van der Waals surface area (Å²) in [5.74, 6) is -1.41. The van der Waals surface area contributed by atoms with E-state index in [1.165, 1.54) is 12.0 Å². The average Bonchev–Trinajstić information content (AvgIpc) is 2.98. The number of methoxy groups -OCH3 is 1. The molecular formula is C30H28N2O7. The Labute approximate surface area is 225 Å². The number of ether oxygens (including phenoxy) is 4. The van der Waals surface area contributed by atoms with Crippen LogP contribution in [-0.4, -0.2) is 55.0 Å². The molecule has 0 aromatic heterocycles. The number of para-hydroxylation sites is 1. The maximum atomic E-state index is 13.6. The van der Waals surface area contributed by atoms with Crippen molar-refractivity contribution in [2.45, 2.75) is 25.0 Å². The zero-order valence-electron chi connectivity index (χ0n) is 21.5. The van der Waals surface area contributed by atoms with Crippen LogP contribution in [0.4, 0.5) is 0 Å². The minimum atomic E-state index is -1.80. The van der Waals surface area contributed by atoms with Crippen LogP contribution in [0.2, 0.25) is 0 Å². The molecule has 3 aromatic rings. The number of β-lactam (4-membered cyclic amide) rings is 1. The third kappa shape index (κ3) is 5.01. The molecule has 2 unspecified atom stereocenters. The molecule has 9 heteroatoms. The highest BCUT2D eigenvalue weighted by atomic mass is 16.6. The van der Waals surface area contributed by atoms with Gasteiger partial charge in [-0.2, -0.15) is 0 Å². The highest BCUT2D eigenvalue weighted by Gasteiger charge is 2.67. The molecule has 0 radical (unpaired) electrons. The van der Waals surface area contributed by atoms with Gasteiger partial charge in [-0.25, -0.2) is 4.79 Å². The predicted octanol–water partition coefficient (Wildman–Crippen LogP) is 3.33. The van der Waals surface area contributed by atoms with E-state index in [4.69, 9.17) is 18.9 Å². The molecule has 2 heterocycles.